The first kappa shape index (κ1) is 13.4. The lowest BCUT2D eigenvalue weighted by Gasteiger charge is -2.12. The van der Waals surface area contributed by atoms with Crippen molar-refractivity contribution in [3.8, 4) is 5.75 Å². The van der Waals surface area contributed by atoms with E-state index < -0.39 is 11.9 Å². The van der Waals surface area contributed by atoms with Crippen molar-refractivity contribution in [3.63, 3.8) is 0 Å². The molecule has 0 bridgehead atoms. The van der Waals surface area contributed by atoms with Gasteiger partial charge in [0.1, 0.15) is 11.3 Å². The Bertz CT molecular complexity index is 480. The molecule has 0 radical (unpaired) electrons. The van der Waals surface area contributed by atoms with Crippen LogP contribution in [-0.4, -0.2) is 17.0 Å². The molecule has 17 heavy (non-hydrogen) atoms. The summed E-state index contributed by atoms with van der Waals surface area (Å²) >= 11 is 3.29. The molecule has 0 aromatic heterocycles. The second-order valence-corrected chi connectivity index (χ2v) is 4.15. The minimum absolute atomic E-state index is 0.0414. The molecule has 0 spiro atoms. The van der Waals surface area contributed by atoms with Crippen LogP contribution in [0.15, 0.2) is 29.3 Å². The first-order valence-corrected chi connectivity index (χ1v) is 5.60. The van der Waals surface area contributed by atoms with Gasteiger partial charge < -0.3 is 9.84 Å². The Morgan fingerprint density at radius 1 is 1.53 bits per heavy atom. The summed E-state index contributed by atoms with van der Waals surface area (Å²) in [4.78, 5) is 22.0. The van der Waals surface area contributed by atoms with Gasteiger partial charge in [-0.15, -0.1) is 6.58 Å². The molecule has 90 valence electrons. The van der Waals surface area contributed by atoms with Crippen LogP contribution in [-0.2, 0) is 11.2 Å². The van der Waals surface area contributed by atoms with Crippen molar-refractivity contribution in [1.82, 2.24) is 0 Å². The van der Waals surface area contributed by atoms with Gasteiger partial charge in [0, 0.05) is 17.0 Å². The first-order valence-electron chi connectivity index (χ1n) is 4.81. The Balaban J connectivity index is 3.42. The van der Waals surface area contributed by atoms with Gasteiger partial charge in [0.05, 0.1) is 0 Å². The molecule has 0 saturated carbocycles. The number of ether oxygens (including phenoxy) is 1. The molecule has 1 aromatic carbocycles. The van der Waals surface area contributed by atoms with E-state index in [1.165, 1.54) is 13.0 Å². The van der Waals surface area contributed by atoms with Gasteiger partial charge in [-0.25, -0.2) is 4.79 Å². The number of hydrogen-bond donors (Lipinski definition) is 1. The molecule has 1 rings (SSSR count). The molecule has 0 saturated heterocycles. The quantitative estimate of drug-likeness (QED) is 0.527. The molecule has 1 N–H and O–H groups in total. The van der Waals surface area contributed by atoms with Gasteiger partial charge in [0.2, 0.25) is 0 Å². The maximum Gasteiger partial charge on any atom is 0.339 e. The van der Waals surface area contributed by atoms with Crippen LogP contribution in [0.5, 0.6) is 5.75 Å². The third kappa shape index (κ3) is 3.17. The fraction of sp³-hybridized carbons (Fsp3) is 0.167. The molecule has 4 nitrogen and oxygen atoms in total. The number of carbonyl (C=O) groups excluding carboxylic acids is 1. The zero-order valence-corrected chi connectivity index (χ0v) is 10.8. The molecule has 0 amide bonds. The van der Waals surface area contributed by atoms with E-state index in [4.69, 9.17) is 9.84 Å². The number of aromatic carboxylic acids is 1. The van der Waals surface area contributed by atoms with Gasteiger partial charge in [0.15, 0.2) is 0 Å². The summed E-state index contributed by atoms with van der Waals surface area (Å²) in [5.41, 5.74) is 0.551. The normalized spacial score (nSPS) is 9.76. The van der Waals surface area contributed by atoms with Crippen molar-refractivity contribution in [1.29, 1.82) is 0 Å². The summed E-state index contributed by atoms with van der Waals surface area (Å²) in [5.74, 6) is -1.63. The van der Waals surface area contributed by atoms with Crippen molar-refractivity contribution in [3.05, 3.63) is 40.4 Å². The number of rotatable bonds is 4. The molecule has 1 aromatic rings. The van der Waals surface area contributed by atoms with E-state index in [9.17, 15) is 9.59 Å². The molecule has 0 aliphatic carbocycles. The zero-order valence-electron chi connectivity index (χ0n) is 9.20. The van der Waals surface area contributed by atoms with Gasteiger partial charge in [-0.3, -0.25) is 4.79 Å². The number of benzene rings is 1. The second-order valence-electron chi connectivity index (χ2n) is 3.29. The number of carboxylic acid groups (broad SMARTS) is 1. The standard InChI is InChI=1S/C12H11BrO4/c1-3-4-8-10(13)6-5-9(12(15)16)11(8)17-7(2)14/h3,5-6H,1,4H2,2H3,(H,15,16). The largest absolute Gasteiger partial charge is 0.478 e. The Labute approximate surface area is 107 Å². The van der Waals surface area contributed by atoms with Crippen molar-refractivity contribution in [2.45, 2.75) is 13.3 Å². The average Bonchev–Trinajstić information content (AvgIpc) is 2.22. The van der Waals surface area contributed by atoms with E-state index in [1.807, 2.05) is 0 Å². The number of allylic oxidation sites excluding steroid dienone is 1. The summed E-state index contributed by atoms with van der Waals surface area (Å²) in [6.07, 6.45) is 2.02. The minimum atomic E-state index is -1.14. The van der Waals surface area contributed by atoms with Crippen molar-refractivity contribution >= 4 is 27.9 Å². The number of carboxylic acids is 1. The van der Waals surface area contributed by atoms with Crippen molar-refractivity contribution < 1.29 is 19.4 Å². The fourth-order valence-electron chi connectivity index (χ4n) is 1.37. The van der Waals surface area contributed by atoms with E-state index in [-0.39, 0.29) is 11.3 Å². The van der Waals surface area contributed by atoms with Gasteiger partial charge in [-0.2, -0.15) is 0 Å². The van der Waals surface area contributed by atoms with E-state index in [0.717, 1.165) is 0 Å². The Morgan fingerprint density at radius 2 is 2.18 bits per heavy atom. The highest BCUT2D eigenvalue weighted by molar-refractivity contribution is 9.10. The van der Waals surface area contributed by atoms with E-state index in [1.54, 1.807) is 12.1 Å². The first-order chi connectivity index (χ1) is 7.97. The maximum absolute atomic E-state index is 11.0. The van der Waals surface area contributed by atoms with Crippen LogP contribution >= 0.6 is 15.9 Å². The van der Waals surface area contributed by atoms with Crippen molar-refractivity contribution in [2.24, 2.45) is 0 Å². The molecule has 0 heterocycles. The highest BCUT2D eigenvalue weighted by atomic mass is 79.9. The molecule has 0 unspecified atom stereocenters. The third-order valence-electron chi connectivity index (χ3n) is 2.03. The summed E-state index contributed by atoms with van der Waals surface area (Å²) in [7, 11) is 0. The lowest BCUT2D eigenvalue weighted by atomic mass is 10.1. The molecular weight excluding hydrogens is 288 g/mol. The van der Waals surface area contributed by atoms with E-state index in [2.05, 4.69) is 22.5 Å². The highest BCUT2D eigenvalue weighted by Crippen LogP contribution is 2.31. The monoisotopic (exact) mass is 298 g/mol. The predicted octanol–water partition coefficient (Wildman–Crippen LogP) is 2.80. The predicted molar refractivity (Wildman–Crippen MR) is 66.3 cm³/mol. The number of esters is 1. The Hall–Kier alpha value is -1.62. The lowest BCUT2D eigenvalue weighted by molar-refractivity contribution is -0.131. The van der Waals surface area contributed by atoms with Crippen LogP contribution in [0.1, 0.15) is 22.8 Å². The Kier molecular flexibility index (Phi) is 4.45. The molecule has 0 aliphatic heterocycles. The summed E-state index contributed by atoms with van der Waals surface area (Å²) < 4.78 is 5.65. The zero-order chi connectivity index (χ0) is 13.0. The molecule has 0 fully saturated rings. The van der Waals surface area contributed by atoms with E-state index >= 15 is 0 Å². The van der Waals surface area contributed by atoms with Crippen LogP contribution < -0.4 is 4.74 Å². The number of hydrogen-bond acceptors (Lipinski definition) is 3. The van der Waals surface area contributed by atoms with Crippen LogP contribution in [0, 0.1) is 0 Å². The average molecular weight is 299 g/mol. The van der Waals surface area contributed by atoms with Crippen molar-refractivity contribution in [2.75, 3.05) is 0 Å². The van der Waals surface area contributed by atoms with Crippen LogP contribution in [0.4, 0.5) is 0 Å². The number of carbonyl (C=O) groups is 2. The molecule has 0 aliphatic rings. The topological polar surface area (TPSA) is 63.6 Å². The summed E-state index contributed by atoms with van der Waals surface area (Å²) in [6, 6.07) is 2.99. The fourth-order valence-corrected chi connectivity index (χ4v) is 1.84. The molecule has 0 atom stereocenters. The molecular formula is C12H11BrO4. The van der Waals surface area contributed by atoms with Gasteiger partial charge >= 0.3 is 11.9 Å². The van der Waals surface area contributed by atoms with Crippen LogP contribution in [0.3, 0.4) is 0 Å². The summed E-state index contributed by atoms with van der Waals surface area (Å²) in [6.45, 7) is 4.81. The van der Waals surface area contributed by atoms with Crippen LogP contribution in [0.25, 0.3) is 0 Å². The second kappa shape index (κ2) is 5.63. The Morgan fingerprint density at radius 3 is 2.65 bits per heavy atom. The minimum Gasteiger partial charge on any atom is -0.478 e. The van der Waals surface area contributed by atoms with Crippen LogP contribution in [0.2, 0.25) is 0 Å². The maximum atomic E-state index is 11.0. The van der Waals surface area contributed by atoms with Gasteiger partial charge in [-0.1, -0.05) is 22.0 Å². The molecule has 5 heteroatoms. The SMILES string of the molecule is C=CCc1c(Br)ccc(C(=O)O)c1OC(C)=O. The smallest absolute Gasteiger partial charge is 0.339 e. The number of halogens is 1. The summed E-state index contributed by atoms with van der Waals surface area (Å²) in [5, 5.41) is 9.03. The lowest BCUT2D eigenvalue weighted by Crippen LogP contribution is -2.10. The van der Waals surface area contributed by atoms with Gasteiger partial charge in [0.25, 0.3) is 0 Å². The van der Waals surface area contributed by atoms with Gasteiger partial charge in [-0.05, 0) is 18.6 Å². The van der Waals surface area contributed by atoms with E-state index in [0.29, 0.717) is 16.5 Å². The highest BCUT2D eigenvalue weighted by Gasteiger charge is 2.18. The third-order valence-corrected chi connectivity index (χ3v) is 2.77.